The molecule has 0 aromatic heterocycles. The van der Waals surface area contributed by atoms with Crippen LogP contribution < -0.4 is 4.74 Å². The minimum absolute atomic E-state index is 0.142. The van der Waals surface area contributed by atoms with Crippen LogP contribution >= 0.6 is 22.6 Å². The van der Waals surface area contributed by atoms with E-state index in [0.29, 0.717) is 5.92 Å². The van der Waals surface area contributed by atoms with Gasteiger partial charge in [0.15, 0.2) is 0 Å². The molecule has 0 saturated heterocycles. The predicted molar refractivity (Wildman–Crippen MR) is 80.0 cm³/mol. The maximum Gasteiger partial charge on any atom is 0.119 e. The van der Waals surface area contributed by atoms with Crippen molar-refractivity contribution in [1.82, 2.24) is 0 Å². The molecule has 0 fully saturated rings. The van der Waals surface area contributed by atoms with Gasteiger partial charge in [-0.25, -0.2) is 0 Å². The number of hydrogen-bond acceptors (Lipinski definition) is 2. The second-order valence-corrected chi connectivity index (χ2v) is 5.39. The third-order valence-corrected chi connectivity index (χ3v) is 3.72. The molecular formula is C14H21IO2. The quantitative estimate of drug-likeness (QED) is 0.566. The summed E-state index contributed by atoms with van der Waals surface area (Å²) in [6, 6.07) is 8.12. The molecule has 0 bridgehead atoms. The monoisotopic (exact) mass is 348 g/mol. The van der Waals surface area contributed by atoms with Crippen LogP contribution in [-0.2, 0) is 4.74 Å². The Hall–Kier alpha value is -0.290. The molecule has 0 amide bonds. The van der Waals surface area contributed by atoms with Gasteiger partial charge < -0.3 is 9.47 Å². The fourth-order valence-corrected chi connectivity index (χ4v) is 2.18. The van der Waals surface area contributed by atoms with Crippen LogP contribution in [0.5, 0.6) is 5.75 Å². The van der Waals surface area contributed by atoms with Gasteiger partial charge in [-0.05, 0) is 30.5 Å². The number of alkyl halides is 1. The molecular weight excluding hydrogens is 327 g/mol. The van der Waals surface area contributed by atoms with Crippen molar-refractivity contribution in [3.8, 4) is 5.75 Å². The van der Waals surface area contributed by atoms with Gasteiger partial charge in [-0.2, -0.15) is 0 Å². The summed E-state index contributed by atoms with van der Waals surface area (Å²) in [5.41, 5.74) is 1.19. The highest BCUT2D eigenvalue weighted by Gasteiger charge is 2.17. The van der Waals surface area contributed by atoms with Gasteiger partial charge in [0.25, 0.3) is 0 Å². The van der Waals surface area contributed by atoms with E-state index in [0.717, 1.165) is 10.2 Å². The molecule has 0 N–H and O–H groups in total. The van der Waals surface area contributed by atoms with Crippen molar-refractivity contribution in [2.45, 2.75) is 33.0 Å². The van der Waals surface area contributed by atoms with Gasteiger partial charge in [0.05, 0.1) is 19.3 Å². The first-order valence-electron chi connectivity index (χ1n) is 5.93. The average Bonchev–Trinajstić information content (AvgIpc) is 2.35. The molecule has 0 heterocycles. The largest absolute Gasteiger partial charge is 0.497 e. The molecule has 0 saturated carbocycles. The summed E-state index contributed by atoms with van der Waals surface area (Å²) in [6.45, 7) is 6.49. The topological polar surface area (TPSA) is 18.5 Å². The lowest BCUT2D eigenvalue weighted by Crippen LogP contribution is -2.19. The Labute approximate surface area is 118 Å². The van der Waals surface area contributed by atoms with Crippen LogP contribution in [0.4, 0.5) is 0 Å². The van der Waals surface area contributed by atoms with E-state index in [4.69, 9.17) is 9.47 Å². The van der Waals surface area contributed by atoms with Crippen LogP contribution in [0.25, 0.3) is 0 Å². The average molecular weight is 348 g/mol. The Morgan fingerprint density at radius 3 is 2.47 bits per heavy atom. The Morgan fingerprint density at radius 2 is 1.94 bits per heavy atom. The first kappa shape index (κ1) is 14.8. The van der Waals surface area contributed by atoms with E-state index < -0.39 is 0 Å². The molecule has 0 aliphatic carbocycles. The molecule has 2 atom stereocenters. The Kier molecular flexibility index (Phi) is 6.27. The lowest BCUT2D eigenvalue weighted by molar-refractivity contribution is -0.0134. The first-order chi connectivity index (χ1) is 8.08. The maximum absolute atomic E-state index is 6.08. The molecule has 3 heteroatoms. The number of benzene rings is 1. The van der Waals surface area contributed by atoms with Gasteiger partial charge in [-0.15, -0.1) is 0 Å². The van der Waals surface area contributed by atoms with Crippen LogP contribution in [0.2, 0.25) is 0 Å². The third-order valence-electron chi connectivity index (χ3n) is 2.92. The van der Waals surface area contributed by atoms with Gasteiger partial charge in [-0.3, -0.25) is 0 Å². The molecule has 2 unspecified atom stereocenters. The van der Waals surface area contributed by atoms with Gasteiger partial charge in [0.2, 0.25) is 0 Å². The summed E-state index contributed by atoms with van der Waals surface area (Å²) in [6.07, 6.45) is 0.407. The minimum atomic E-state index is 0.142. The normalized spacial score (nSPS) is 14.7. The highest BCUT2D eigenvalue weighted by atomic mass is 127. The van der Waals surface area contributed by atoms with Gasteiger partial charge >= 0.3 is 0 Å². The van der Waals surface area contributed by atoms with Gasteiger partial charge in [-0.1, -0.05) is 48.6 Å². The van der Waals surface area contributed by atoms with Crippen molar-refractivity contribution in [3.63, 3.8) is 0 Å². The first-order valence-corrected chi connectivity index (χ1v) is 7.46. The molecule has 1 aromatic carbocycles. The predicted octanol–water partition coefficient (Wildman–Crippen LogP) is 4.23. The summed E-state index contributed by atoms with van der Waals surface area (Å²) < 4.78 is 12.3. The zero-order valence-electron chi connectivity index (χ0n) is 10.9. The van der Waals surface area contributed by atoms with Crippen molar-refractivity contribution >= 4 is 22.6 Å². The van der Waals surface area contributed by atoms with Gasteiger partial charge in [0, 0.05) is 4.43 Å². The molecule has 2 nitrogen and oxygen atoms in total. The third kappa shape index (κ3) is 4.47. The molecule has 96 valence electrons. The molecule has 0 radical (unpaired) electrons. The second kappa shape index (κ2) is 7.21. The molecule has 0 spiro atoms. The number of ether oxygens (including phenoxy) is 2. The van der Waals surface area contributed by atoms with Crippen molar-refractivity contribution in [2.24, 2.45) is 5.92 Å². The zero-order valence-corrected chi connectivity index (χ0v) is 13.1. The van der Waals surface area contributed by atoms with E-state index in [9.17, 15) is 0 Å². The highest BCUT2D eigenvalue weighted by Crippen LogP contribution is 2.26. The number of rotatable bonds is 6. The Balaban J connectivity index is 2.78. The minimum Gasteiger partial charge on any atom is -0.497 e. The number of halogens is 1. The van der Waals surface area contributed by atoms with Crippen molar-refractivity contribution < 1.29 is 9.47 Å². The fourth-order valence-electron chi connectivity index (χ4n) is 1.46. The zero-order chi connectivity index (χ0) is 12.8. The van der Waals surface area contributed by atoms with E-state index >= 15 is 0 Å². The van der Waals surface area contributed by atoms with Crippen molar-refractivity contribution in [3.05, 3.63) is 29.8 Å². The summed E-state index contributed by atoms with van der Waals surface area (Å²) in [4.78, 5) is 0. The molecule has 1 aromatic rings. The Bertz CT molecular complexity index is 339. The van der Waals surface area contributed by atoms with Crippen LogP contribution in [0.3, 0.4) is 0 Å². The number of methoxy groups -OCH3 is 1. The lowest BCUT2D eigenvalue weighted by Gasteiger charge is -2.24. The van der Waals surface area contributed by atoms with Gasteiger partial charge in [0.1, 0.15) is 5.75 Å². The fraction of sp³-hybridized carbons (Fsp3) is 0.571. The van der Waals surface area contributed by atoms with Crippen molar-refractivity contribution in [1.29, 1.82) is 0 Å². The summed E-state index contributed by atoms with van der Waals surface area (Å²) >= 11 is 2.37. The molecule has 17 heavy (non-hydrogen) atoms. The SMILES string of the molecule is COc1cccc(C(CI)OC(C)C(C)C)c1. The standard InChI is InChI=1S/C14H21IO2/c1-10(2)11(3)17-14(9-15)12-6-5-7-13(8-12)16-4/h5-8,10-11,14H,9H2,1-4H3. The van der Waals surface area contributed by atoms with E-state index in [1.54, 1.807) is 7.11 Å². The molecule has 1 rings (SSSR count). The van der Waals surface area contributed by atoms with E-state index in [2.05, 4.69) is 55.5 Å². The van der Waals surface area contributed by atoms with Crippen LogP contribution in [0.15, 0.2) is 24.3 Å². The van der Waals surface area contributed by atoms with E-state index in [-0.39, 0.29) is 12.2 Å². The van der Waals surface area contributed by atoms with Crippen LogP contribution in [-0.4, -0.2) is 17.6 Å². The van der Waals surface area contributed by atoms with Crippen LogP contribution in [0, 0.1) is 5.92 Å². The highest BCUT2D eigenvalue weighted by molar-refractivity contribution is 14.1. The Morgan fingerprint density at radius 1 is 1.24 bits per heavy atom. The summed E-state index contributed by atoms with van der Waals surface area (Å²) in [5.74, 6) is 1.42. The lowest BCUT2D eigenvalue weighted by atomic mass is 10.1. The van der Waals surface area contributed by atoms with Crippen LogP contribution in [0.1, 0.15) is 32.4 Å². The van der Waals surface area contributed by atoms with Crippen molar-refractivity contribution in [2.75, 3.05) is 11.5 Å². The van der Waals surface area contributed by atoms with E-state index in [1.165, 1.54) is 5.56 Å². The summed E-state index contributed by atoms with van der Waals surface area (Å²) in [5, 5.41) is 0. The molecule has 0 aliphatic rings. The molecule has 0 aliphatic heterocycles. The summed E-state index contributed by atoms with van der Waals surface area (Å²) in [7, 11) is 1.69. The number of hydrogen-bond donors (Lipinski definition) is 0. The van der Waals surface area contributed by atoms with E-state index in [1.807, 2.05) is 12.1 Å². The maximum atomic E-state index is 6.08. The smallest absolute Gasteiger partial charge is 0.119 e. The second-order valence-electron chi connectivity index (χ2n) is 4.50.